The number of hydrogen-bond donors (Lipinski definition) is 2. The summed E-state index contributed by atoms with van der Waals surface area (Å²) in [5, 5.41) is 9.46. The van der Waals surface area contributed by atoms with Gasteiger partial charge in [0.05, 0.1) is 11.9 Å². The van der Waals surface area contributed by atoms with Gasteiger partial charge in [-0.15, -0.1) is 0 Å². The summed E-state index contributed by atoms with van der Waals surface area (Å²) in [6.07, 6.45) is 6.64. The van der Waals surface area contributed by atoms with Crippen molar-refractivity contribution in [2.75, 3.05) is 12.4 Å². The molecule has 6 heteroatoms. The Morgan fingerprint density at radius 3 is 2.79 bits per heavy atom. The molecule has 0 radical (unpaired) electrons. The normalized spacial score (nSPS) is 27.7. The summed E-state index contributed by atoms with van der Waals surface area (Å²) >= 11 is 0. The first-order chi connectivity index (χ1) is 9.15. The number of likely N-dealkylation sites (N-methyl/N-ethyl adjacent to an activating group) is 1. The van der Waals surface area contributed by atoms with E-state index < -0.39 is 0 Å². The molecule has 0 spiro atoms. The van der Waals surface area contributed by atoms with Crippen LogP contribution in [0.3, 0.4) is 0 Å². The molecule has 19 heavy (non-hydrogen) atoms. The van der Waals surface area contributed by atoms with Gasteiger partial charge in [0.2, 0.25) is 11.8 Å². The number of nitrogens with one attached hydrogen (secondary N) is 2. The Labute approximate surface area is 111 Å². The van der Waals surface area contributed by atoms with Crippen molar-refractivity contribution in [1.29, 1.82) is 0 Å². The lowest BCUT2D eigenvalue weighted by molar-refractivity contribution is -0.121. The Bertz CT molecular complexity index is 500. The van der Waals surface area contributed by atoms with E-state index in [2.05, 4.69) is 15.7 Å². The molecule has 2 saturated carbocycles. The second kappa shape index (κ2) is 4.68. The number of nitrogens with zero attached hydrogens (tertiary/aromatic N) is 2. The van der Waals surface area contributed by atoms with Crippen LogP contribution >= 0.6 is 0 Å². The molecule has 0 aromatic carbocycles. The van der Waals surface area contributed by atoms with Crippen LogP contribution in [-0.2, 0) is 16.1 Å². The van der Waals surface area contributed by atoms with Crippen LogP contribution in [0.5, 0.6) is 0 Å². The molecule has 2 unspecified atom stereocenters. The maximum atomic E-state index is 12.0. The summed E-state index contributed by atoms with van der Waals surface area (Å²) in [4.78, 5) is 23.2. The van der Waals surface area contributed by atoms with Gasteiger partial charge in [-0.05, 0) is 31.1 Å². The summed E-state index contributed by atoms with van der Waals surface area (Å²) in [6, 6.07) is 0. The summed E-state index contributed by atoms with van der Waals surface area (Å²) in [5.41, 5.74) is 0.662. The van der Waals surface area contributed by atoms with Crippen LogP contribution in [0.4, 0.5) is 5.69 Å². The lowest BCUT2D eigenvalue weighted by Crippen LogP contribution is -2.23. The molecular formula is C13H18N4O2. The summed E-state index contributed by atoms with van der Waals surface area (Å²) in [5.74, 6) is 1.73. The Balaban J connectivity index is 1.54. The number of hydrogen-bond acceptors (Lipinski definition) is 3. The van der Waals surface area contributed by atoms with Gasteiger partial charge in [-0.3, -0.25) is 14.3 Å². The molecule has 0 aliphatic heterocycles. The van der Waals surface area contributed by atoms with Crippen LogP contribution in [0.2, 0.25) is 0 Å². The van der Waals surface area contributed by atoms with E-state index in [9.17, 15) is 9.59 Å². The van der Waals surface area contributed by atoms with Crippen molar-refractivity contribution in [2.45, 2.75) is 25.8 Å². The molecule has 0 bridgehead atoms. The Morgan fingerprint density at radius 2 is 2.11 bits per heavy atom. The fourth-order valence-corrected chi connectivity index (χ4v) is 2.91. The number of carbonyl (C=O) groups is 2. The van der Waals surface area contributed by atoms with E-state index in [1.807, 2.05) is 0 Å². The van der Waals surface area contributed by atoms with Crippen molar-refractivity contribution >= 4 is 17.5 Å². The SMILES string of the molecule is CNC(=O)Cn1cc(NC(=O)C2CC3CC3C2)cn1. The van der Waals surface area contributed by atoms with Gasteiger partial charge in [-0.25, -0.2) is 0 Å². The van der Waals surface area contributed by atoms with Crippen LogP contribution in [-0.4, -0.2) is 28.6 Å². The number of anilines is 1. The zero-order valence-corrected chi connectivity index (χ0v) is 10.9. The quantitative estimate of drug-likeness (QED) is 0.835. The van der Waals surface area contributed by atoms with E-state index in [1.54, 1.807) is 19.4 Å². The average Bonchev–Trinajstić information content (AvgIpc) is 2.81. The predicted molar refractivity (Wildman–Crippen MR) is 69.2 cm³/mol. The number of rotatable bonds is 4. The lowest BCUT2D eigenvalue weighted by atomic mass is 10.0. The number of aromatic nitrogens is 2. The maximum Gasteiger partial charge on any atom is 0.241 e. The van der Waals surface area contributed by atoms with Crippen molar-refractivity contribution in [1.82, 2.24) is 15.1 Å². The highest BCUT2D eigenvalue weighted by Crippen LogP contribution is 2.54. The first-order valence-electron chi connectivity index (χ1n) is 6.69. The minimum Gasteiger partial charge on any atom is -0.358 e. The lowest BCUT2D eigenvalue weighted by Gasteiger charge is -2.10. The second-order valence-electron chi connectivity index (χ2n) is 5.51. The first-order valence-corrected chi connectivity index (χ1v) is 6.69. The highest BCUT2D eigenvalue weighted by atomic mass is 16.2. The highest BCUT2D eigenvalue weighted by Gasteiger charge is 2.47. The monoisotopic (exact) mass is 262 g/mol. The summed E-state index contributed by atoms with van der Waals surface area (Å²) in [6.45, 7) is 0.167. The Kier molecular flexibility index (Phi) is 3.00. The van der Waals surface area contributed by atoms with Gasteiger partial charge in [0, 0.05) is 19.2 Å². The van der Waals surface area contributed by atoms with E-state index in [1.165, 1.54) is 11.1 Å². The molecule has 2 amide bonds. The Hall–Kier alpha value is -1.85. The summed E-state index contributed by atoms with van der Waals surface area (Å²) < 4.78 is 1.51. The van der Waals surface area contributed by atoms with Crippen molar-refractivity contribution in [3.05, 3.63) is 12.4 Å². The van der Waals surface area contributed by atoms with Gasteiger partial charge >= 0.3 is 0 Å². The Morgan fingerprint density at radius 1 is 1.37 bits per heavy atom. The maximum absolute atomic E-state index is 12.0. The van der Waals surface area contributed by atoms with E-state index in [4.69, 9.17) is 0 Å². The van der Waals surface area contributed by atoms with Crippen LogP contribution in [0.15, 0.2) is 12.4 Å². The third kappa shape index (κ3) is 2.62. The van der Waals surface area contributed by atoms with Gasteiger partial charge in [-0.2, -0.15) is 5.10 Å². The van der Waals surface area contributed by atoms with Crippen LogP contribution in [0.1, 0.15) is 19.3 Å². The second-order valence-corrected chi connectivity index (χ2v) is 5.51. The van der Waals surface area contributed by atoms with Crippen LogP contribution in [0, 0.1) is 17.8 Å². The molecule has 1 heterocycles. The van der Waals surface area contributed by atoms with E-state index in [-0.39, 0.29) is 24.3 Å². The zero-order chi connectivity index (χ0) is 13.4. The molecular weight excluding hydrogens is 244 g/mol. The predicted octanol–water partition coefficient (Wildman–Crippen LogP) is 0.614. The first kappa shape index (κ1) is 12.2. The van der Waals surface area contributed by atoms with E-state index in [0.717, 1.165) is 24.7 Å². The number of carbonyl (C=O) groups excluding carboxylic acids is 2. The number of amides is 2. The van der Waals surface area contributed by atoms with Crippen molar-refractivity contribution < 1.29 is 9.59 Å². The smallest absolute Gasteiger partial charge is 0.241 e. The average molecular weight is 262 g/mol. The van der Waals surface area contributed by atoms with Crippen LogP contribution < -0.4 is 10.6 Å². The minimum atomic E-state index is -0.114. The topological polar surface area (TPSA) is 76.0 Å². The molecule has 3 rings (SSSR count). The molecule has 2 aliphatic rings. The molecule has 6 nitrogen and oxygen atoms in total. The minimum absolute atomic E-state index is 0.0895. The molecule has 2 N–H and O–H groups in total. The largest absolute Gasteiger partial charge is 0.358 e. The van der Waals surface area contributed by atoms with Gasteiger partial charge in [-0.1, -0.05) is 0 Å². The van der Waals surface area contributed by atoms with E-state index >= 15 is 0 Å². The zero-order valence-electron chi connectivity index (χ0n) is 10.9. The van der Waals surface area contributed by atoms with Gasteiger partial charge < -0.3 is 10.6 Å². The van der Waals surface area contributed by atoms with Gasteiger partial charge in [0.25, 0.3) is 0 Å². The molecule has 2 atom stereocenters. The van der Waals surface area contributed by atoms with Crippen molar-refractivity contribution in [3.63, 3.8) is 0 Å². The molecule has 2 aliphatic carbocycles. The molecule has 2 fully saturated rings. The van der Waals surface area contributed by atoms with Gasteiger partial charge in [0.1, 0.15) is 6.54 Å². The van der Waals surface area contributed by atoms with Crippen molar-refractivity contribution in [2.24, 2.45) is 17.8 Å². The van der Waals surface area contributed by atoms with Gasteiger partial charge in [0.15, 0.2) is 0 Å². The highest BCUT2D eigenvalue weighted by molar-refractivity contribution is 5.92. The van der Waals surface area contributed by atoms with E-state index in [0.29, 0.717) is 5.69 Å². The van der Waals surface area contributed by atoms with Crippen LogP contribution in [0.25, 0.3) is 0 Å². The molecule has 102 valence electrons. The standard InChI is InChI=1S/C13H18N4O2/c1-14-12(18)7-17-6-11(5-15-17)16-13(19)10-3-8-2-9(8)4-10/h5-6,8-10H,2-4,7H2,1H3,(H,14,18)(H,16,19). The fourth-order valence-electron chi connectivity index (χ4n) is 2.91. The molecule has 1 aromatic rings. The third-order valence-electron chi connectivity index (χ3n) is 4.10. The molecule has 1 aromatic heterocycles. The fraction of sp³-hybridized carbons (Fsp3) is 0.615. The van der Waals surface area contributed by atoms with Crippen molar-refractivity contribution in [3.8, 4) is 0 Å². The third-order valence-corrected chi connectivity index (χ3v) is 4.10. The molecule has 0 saturated heterocycles. The summed E-state index contributed by atoms with van der Waals surface area (Å²) in [7, 11) is 1.58. The number of fused-ring (bicyclic) bond motifs is 1.